The topological polar surface area (TPSA) is 101 Å². The lowest BCUT2D eigenvalue weighted by molar-refractivity contribution is -0.137. The number of hydrogen-bond acceptors (Lipinski definition) is 6. The molecular weight excluding hydrogens is 463 g/mol. The molecule has 0 saturated carbocycles. The molecule has 8 nitrogen and oxygen atoms in total. The zero-order valence-corrected chi connectivity index (χ0v) is 18.2. The van der Waals surface area contributed by atoms with E-state index in [0.717, 1.165) is 23.0 Å². The summed E-state index contributed by atoms with van der Waals surface area (Å²) in [7, 11) is 0. The van der Waals surface area contributed by atoms with Crippen LogP contribution in [0.15, 0.2) is 60.9 Å². The third-order valence-corrected chi connectivity index (χ3v) is 5.44. The highest BCUT2D eigenvalue weighted by atomic mass is 19.4. The number of anilines is 3. The molecule has 3 heterocycles. The maximum absolute atomic E-state index is 13.5. The first kappa shape index (κ1) is 22.7. The largest absolute Gasteiger partial charge is 0.488 e. The summed E-state index contributed by atoms with van der Waals surface area (Å²) < 4.78 is 51.4. The van der Waals surface area contributed by atoms with Crippen LogP contribution in [0.5, 0.6) is 5.75 Å². The molecule has 11 heteroatoms. The van der Waals surface area contributed by atoms with E-state index < -0.39 is 17.6 Å². The Labute approximate surface area is 197 Å². The van der Waals surface area contributed by atoms with Crippen molar-refractivity contribution >= 4 is 34.0 Å². The standard InChI is InChI=1S/C24H20F3N5O3/c25-24(26,27)15-8-17(10-19(9-15)35-18-5-7-34-13-18)31-23(33)20-2-1-6-28-22(20)30-16-4-3-14-12-29-32-21(14)11-16/h1-4,6,8-12,18H,5,7,13H2,(H,28,30)(H,29,32)(H,31,33)/t18-/m1/s1. The second-order valence-electron chi connectivity index (χ2n) is 8.00. The first-order valence-electron chi connectivity index (χ1n) is 10.8. The average Bonchev–Trinajstić information content (AvgIpc) is 3.50. The van der Waals surface area contributed by atoms with E-state index in [-0.39, 0.29) is 28.9 Å². The molecule has 1 atom stereocenters. The fourth-order valence-electron chi connectivity index (χ4n) is 3.74. The number of fused-ring (bicyclic) bond motifs is 1. The van der Waals surface area contributed by atoms with Crippen LogP contribution in [0.4, 0.5) is 30.4 Å². The number of benzene rings is 2. The Hall–Kier alpha value is -4.12. The first-order valence-corrected chi connectivity index (χ1v) is 10.8. The van der Waals surface area contributed by atoms with Crippen LogP contribution in [0.1, 0.15) is 22.3 Å². The minimum absolute atomic E-state index is 0.00280. The Morgan fingerprint density at radius 2 is 2.03 bits per heavy atom. The molecule has 1 fully saturated rings. The molecule has 2 aromatic heterocycles. The van der Waals surface area contributed by atoms with Gasteiger partial charge in [-0.25, -0.2) is 4.98 Å². The van der Waals surface area contributed by atoms with Gasteiger partial charge in [-0.05, 0) is 42.5 Å². The summed E-state index contributed by atoms with van der Waals surface area (Å²) in [5.41, 5.74) is 0.624. The van der Waals surface area contributed by atoms with Crippen LogP contribution in [0.3, 0.4) is 0 Å². The number of carbonyl (C=O) groups excluding carboxylic acids is 1. The number of hydrogen-bond donors (Lipinski definition) is 3. The summed E-state index contributed by atoms with van der Waals surface area (Å²) in [6.45, 7) is 0.782. The van der Waals surface area contributed by atoms with Gasteiger partial charge in [-0.1, -0.05) is 0 Å². The summed E-state index contributed by atoms with van der Waals surface area (Å²) in [4.78, 5) is 17.3. The van der Waals surface area contributed by atoms with Crippen molar-refractivity contribution in [2.24, 2.45) is 0 Å². The summed E-state index contributed by atoms with van der Waals surface area (Å²) in [6, 6.07) is 11.7. The number of pyridine rings is 1. The maximum atomic E-state index is 13.5. The number of H-pyrrole nitrogens is 1. The molecule has 1 aliphatic heterocycles. The number of aromatic nitrogens is 3. The molecule has 3 N–H and O–H groups in total. The predicted octanol–water partition coefficient (Wildman–Crippen LogP) is 5.14. The van der Waals surface area contributed by atoms with Crippen LogP contribution in [-0.4, -0.2) is 40.4 Å². The van der Waals surface area contributed by atoms with Gasteiger partial charge in [0, 0.05) is 35.4 Å². The van der Waals surface area contributed by atoms with E-state index in [1.54, 1.807) is 18.3 Å². The van der Waals surface area contributed by atoms with E-state index in [1.807, 2.05) is 12.1 Å². The Balaban J connectivity index is 1.40. The molecule has 180 valence electrons. The van der Waals surface area contributed by atoms with Crippen molar-refractivity contribution in [1.29, 1.82) is 0 Å². The number of nitrogens with zero attached hydrogens (tertiary/aromatic N) is 2. The van der Waals surface area contributed by atoms with E-state index in [4.69, 9.17) is 9.47 Å². The monoisotopic (exact) mass is 483 g/mol. The third kappa shape index (κ3) is 5.19. The highest BCUT2D eigenvalue weighted by Crippen LogP contribution is 2.35. The van der Waals surface area contributed by atoms with E-state index in [0.29, 0.717) is 25.3 Å². The van der Waals surface area contributed by atoms with Crippen LogP contribution in [0.2, 0.25) is 0 Å². The van der Waals surface area contributed by atoms with Gasteiger partial charge in [0.1, 0.15) is 17.7 Å². The fourth-order valence-corrected chi connectivity index (χ4v) is 3.74. The second kappa shape index (κ2) is 9.26. The molecule has 4 aromatic rings. The number of ether oxygens (including phenoxy) is 2. The summed E-state index contributed by atoms with van der Waals surface area (Å²) >= 11 is 0. The van der Waals surface area contributed by atoms with Crippen LogP contribution in [-0.2, 0) is 10.9 Å². The van der Waals surface area contributed by atoms with E-state index in [2.05, 4.69) is 25.8 Å². The van der Waals surface area contributed by atoms with Gasteiger partial charge < -0.3 is 20.1 Å². The van der Waals surface area contributed by atoms with Gasteiger partial charge in [0.15, 0.2) is 0 Å². The predicted molar refractivity (Wildman–Crippen MR) is 123 cm³/mol. The fraction of sp³-hybridized carbons (Fsp3) is 0.208. The third-order valence-electron chi connectivity index (χ3n) is 5.44. The normalized spacial score (nSPS) is 15.8. The van der Waals surface area contributed by atoms with E-state index in [1.165, 1.54) is 18.3 Å². The molecule has 0 aliphatic carbocycles. The minimum atomic E-state index is -4.61. The number of carbonyl (C=O) groups is 1. The molecule has 2 aromatic carbocycles. The molecule has 35 heavy (non-hydrogen) atoms. The van der Waals surface area contributed by atoms with Gasteiger partial charge in [-0.3, -0.25) is 9.89 Å². The highest BCUT2D eigenvalue weighted by molar-refractivity contribution is 6.08. The van der Waals surface area contributed by atoms with Gasteiger partial charge in [0.25, 0.3) is 5.91 Å². The van der Waals surface area contributed by atoms with Gasteiger partial charge in [0.2, 0.25) is 0 Å². The number of rotatable bonds is 6. The van der Waals surface area contributed by atoms with Crippen molar-refractivity contribution in [3.8, 4) is 5.75 Å². The molecular formula is C24H20F3N5O3. The Morgan fingerprint density at radius 3 is 2.83 bits per heavy atom. The van der Waals surface area contributed by atoms with Gasteiger partial charge in [0.05, 0.1) is 36.1 Å². The molecule has 1 saturated heterocycles. The van der Waals surface area contributed by atoms with Crippen LogP contribution in [0, 0.1) is 0 Å². The SMILES string of the molecule is O=C(Nc1cc(O[C@@H]2CCOC2)cc(C(F)(F)F)c1)c1cccnc1Nc1ccc2cn[nH]c2c1. The average molecular weight is 483 g/mol. The van der Waals surface area contributed by atoms with E-state index >= 15 is 0 Å². The summed E-state index contributed by atoms with van der Waals surface area (Å²) in [5, 5.41) is 13.4. The number of nitrogens with one attached hydrogen (secondary N) is 3. The van der Waals surface area contributed by atoms with Crippen molar-refractivity contribution in [2.75, 3.05) is 23.8 Å². The molecule has 1 amide bonds. The van der Waals surface area contributed by atoms with Gasteiger partial charge >= 0.3 is 6.18 Å². The Morgan fingerprint density at radius 1 is 1.14 bits per heavy atom. The molecule has 1 aliphatic rings. The lowest BCUT2D eigenvalue weighted by Gasteiger charge is -2.17. The molecule has 0 radical (unpaired) electrons. The van der Waals surface area contributed by atoms with Crippen molar-refractivity contribution in [3.05, 3.63) is 72.1 Å². The first-order chi connectivity index (χ1) is 16.8. The lowest BCUT2D eigenvalue weighted by Crippen LogP contribution is -2.18. The highest BCUT2D eigenvalue weighted by Gasteiger charge is 2.32. The smallest absolute Gasteiger partial charge is 0.416 e. The van der Waals surface area contributed by atoms with Crippen molar-refractivity contribution in [3.63, 3.8) is 0 Å². The number of amides is 1. The Bertz CT molecular complexity index is 1370. The summed E-state index contributed by atoms with van der Waals surface area (Å²) in [5.74, 6) is -0.379. The molecule has 0 unspecified atom stereocenters. The van der Waals surface area contributed by atoms with Crippen LogP contribution < -0.4 is 15.4 Å². The van der Waals surface area contributed by atoms with E-state index in [9.17, 15) is 18.0 Å². The number of alkyl halides is 3. The molecule has 0 spiro atoms. The molecule has 5 rings (SSSR count). The van der Waals surface area contributed by atoms with Crippen LogP contribution >= 0.6 is 0 Å². The zero-order chi connectivity index (χ0) is 24.4. The summed E-state index contributed by atoms with van der Waals surface area (Å²) in [6.07, 6.45) is -1.19. The van der Waals surface area contributed by atoms with Crippen LogP contribution in [0.25, 0.3) is 10.9 Å². The maximum Gasteiger partial charge on any atom is 0.416 e. The van der Waals surface area contributed by atoms with Crippen molar-refractivity contribution < 1.29 is 27.4 Å². The quantitative estimate of drug-likeness (QED) is 0.351. The molecule has 0 bridgehead atoms. The Kier molecular flexibility index (Phi) is 6.00. The second-order valence-corrected chi connectivity index (χ2v) is 8.00. The number of halogens is 3. The lowest BCUT2D eigenvalue weighted by atomic mass is 10.1. The van der Waals surface area contributed by atoms with Crippen molar-refractivity contribution in [1.82, 2.24) is 15.2 Å². The van der Waals surface area contributed by atoms with Crippen molar-refractivity contribution in [2.45, 2.75) is 18.7 Å². The van der Waals surface area contributed by atoms with Gasteiger partial charge in [-0.15, -0.1) is 0 Å². The number of aromatic amines is 1. The van der Waals surface area contributed by atoms with Gasteiger partial charge in [-0.2, -0.15) is 18.3 Å². The zero-order valence-electron chi connectivity index (χ0n) is 18.2. The minimum Gasteiger partial charge on any atom is -0.488 e.